The van der Waals surface area contributed by atoms with E-state index >= 15 is 0 Å². The fourth-order valence-electron chi connectivity index (χ4n) is 2.08. The van der Waals surface area contributed by atoms with Crippen LogP contribution in [0.2, 0.25) is 0 Å². The minimum Gasteiger partial charge on any atom is -0.505 e. The molecule has 0 N–H and O–H groups in total. The van der Waals surface area contributed by atoms with Crippen LogP contribution in [0.1, 0.15) is 11.1 Å². The molecule has 0 amide bonds. The Morgan fingerprint density at radius 2 is 1.09 bits per heavy atom. The molecule has 0 atom stereocenters. The second-order valence-electron chi connectivity index (χ2n) is 5.01. The fraction of sp³-hybridized carbons (Fsp3) is 0.200. The van der Waals surface area contributed by atoms with Gasteiger partial charge in [0.1, 0.15) is 0 Å². The Hall–Kier alpha value is -2.13. The van der Waals surface area contributed by atoms with Crippen molar-refractivity contribution in [1.29, 1.82) is 0 Å². The first-order chi connectivity index (χ1) is 11.3. The maximum absolute atomic E-state index is 4.91. The summed E-state index contributed by atoms with van der Waals surface area (Å²) in [5, 5.41) is 0. The molecule has 2 rings (SSSR count). The highest BCUT2D eigenvalue weighted by Gasteiger charge is 1.98. The SMILES string of the molecule is COC=CCc1ccc(Sc2ccc(CC=COC)cc2)cc1. The van der Waals surface area contributed by atoms with Crippen molar-refractivity contribution in [2.75, 3.05) is 14.2 Å². The van der Waals surface area contributed by atoms with E-state index in [2.05, 4.69) is 48.5 Å². The largest absolute Gasteiger partial charge is 0.505 e. The van der Waals surface area contributed by atoms with E-state index in [0.29, 0.717) is 0 Å². The quantitative estimate of drug-likeness (QED) is 0.618. The summed E-state index contributed by atoms with van der Waals surface area (Å²) in [6.07, 6.45) is 9.24. The van der Waals surface area contributed by atoms with Crippen molar-refractivity contribution in [2.45, 2.75) is 22.6 Å². The molecule has 2 aromatic carbocycles. The first kappa shape index (κ1) is 17.2. The van der Waals surface area contributed by atoms with Gasteiger partial charge in [0.2, 0.25) is 0 Å². The Balaban J connectivity index is 1.91. The summed E-state index contributed by atoms with van der Waals surface area (Å²) in [6, 6.07) is 17.3. The third kappa shape index (κ3) is 6.25. The van der Waals surface area contributed by atoms with Crippen LogP contribution in [0.25, 0.3) is 0 Å². The predicted octanol–water partition coefficient (Wildman–Crippen LogP) is 5.24. The molecule has 0 fully saturated rings. The Kier molecular flexibility index (Phi) is 7.34. The molecule has 2 nitrogen and oxygen atoms in total. The summed E-state index contributed by atoms with van der Waals surface area (Å²) in [4.78, 5) is 2.49. The highest BCUT2D eigenvalue weighted by atomic mass is 32.2. The maximum Gasteiger partial charge on any atom is 0.0788 e. The van der Waals surface area contributed by atoms with Crippen LogP contribution in [0.5, 0.6) is 0 Å². The van der Waals surface area contributed by atoms with E-state index in [0.717, 1.165) is 12.8 Å². The van der Waals surface area contributed by atoms with Crippen LogP contribution in [0.4, 0.5) is 0 Å². The number of hydrogen-bond donors (Lipinski definition) is 0. The second-order valence-corrected chi connectivity index (χ2v) is 6.16. The molecular weight excluding hydrogens is 304 g/mol. The van der Waals surface area contributed by atoms with Gasteiger partial charge in [0, 0.05) is 9.79 Å². The normalized spacial score (nSPS) is 11.2. The average molecular weight is 326 g/mol. The molecule has 0 radical (unpaired) electrons. The first-order valence-electron chi connectivity index (χ1n) is 7.53. The van der Waals surface area contributed by atoms with E-state index in [9.17, 15) is 0 Å². The van der Waals surface area contributed by atoms with Crippen LogP contribution in [0.3, 0.4) is 0 Å². The van der Waals surface area contributed by atoms with Crippen molar-refractivity contribution >= 4 is 11.8 Å². The second kappa shape index (κ2) is 9.80. The summed E-state index contributed by atoms with van der Waals surface area (Å²) in [5.74, 6) is 0. The molecule has 0 saturated carbocycles. The average Bonchev–Trinajstić information content (AvgIpc) is 2.58. The number of benzene rings is 2. The summed E-state index contributed by atoms with van der Waals surface area (Å²) in [7, 11) is 3.32. The monoisotopic (exact) mass is 326 g/mol. The third-order valence-electron chi connectivity index (χ3n) is 3.25. The molecule has 0 aliphatic carbocycles. The summed E-state index contributed by atoms with van der Waals surface area (Å²) >= 11 is 1.78. The molecule has 120 valence electrons. The summed E-state index contributed by atoms with van der Waals surface area (Å²) < 4.78 is 9.82. The third-order valence-corrected chi connectivity index (χ3v) is 4.27. The van der Waals surface area contributed by atoms with Crippen LogP contribution >= 0.6 is 11.8 Å². The highest BCUT2D eigenvalue weighted by molar-refractivity contribution is 7.99. The van der Waals surface area contributed by atoms with Crippen LogP contribution < -0.4 is 0 Å². The fourth-order valence-corrected chi connectivity index (χ4v) is 2.90. The topological polar surface area (TPSA) is 18.5 Å². The number of ether oxygens (including phenoxy) is 2. The van der Waals surface area contributed by atoms with Crippen molar-refractivity contribution in [2.24, 2.45) is 0 Å². The summed E-state index contributed by atoms with van der Waals surface area (Å²) in [5.41, 5.74) is 2.56. The lowest BCUT2D eigenvalue weighted by Gasteiger charge is -2.04. The molecule has 23 heavy (non-hydrogen) atoms. The number of allylic oxidation sites excluding steroid dienone is 2. The van der Waals surface area contributed by atoms with Crippen LogP contribution in [-0.2, 0) is 22.3 Å². The lowest BCUT2D eigenvalue weighted by atomic mass is 10.1. The Bertz CT molecular complexity index is 570. The van der Waals surface area contributed by atoms with Crippen LogP contribution in [-0.4, -0.2) is 14.2 Å². The van der Waals surface area contributed by atoms with Gasteiger partial charge in [-0.1, -0.05) is 36.0 Å². The summed E-state index contributed by atoms with van der Waals surface area (Å²) in [6.45, 7) is 0. The molecule has 0 bridgehead atoms. The molecular formula is C20H22O2S. The zero-order valence-corrected chi connectivity index (χ0v) is 14.4. The molecule has 3 heteroatoms. The molecule has 0 aliphatic heterocycles. The number of rotatable bonds is 8. The maximum atomic E-state index is 4.91. The predicted molar refractivity (Wildman–Crippen MR) is 96.7 cm³/mol. The highest BCUT2D eigenvalue weighted by Crippen LogP contribution is 2.28. The minimum absolute atomic E-state index is 0.891. The van der Waals surface area contributed by atoms with E-state index in [1.807, 2.05) is 12.2 Å². The number of methoxy groups -OCH3 is 2. The van der Waals surface area contributed by atoms with Gasteiger partial charge in [-0.15, -0.1) is 0 Å². The molecule has 2 aromatic rings. The molecule has 0 saturated heterocycles. The lowest BCUT2D eigenvalue weighted by molar-refractivity contribution is 0.336. The van der Waals surface area contributed by atoms with Crippen LogP contribution in [0, 0.1) is 0 Å². The van der Waals surface area contributed by atoms with Gasteiger partial charge in [-0.25, -0.2) is 0 Å². The van der Waals surface area contributed by atoms with E-state index < -0.39 is 0 Å². The molecule has 0 spiro atoms. The number of hydrogen-bond acceptors (Lipinski definition) is 3. The van der Waals surface area contributed by atoms with Gasteiger partial charge in [0.05, 0.1) is 26.7 Å². The van der Waals surface area contributed by atoms with Gasteiger partial charge in [-0.3, -0.25) is 0 Å². The van der Waals surface area contributed by atoms with Gasteiger partial charge in [0.25, 0.3) is 0 Å². The van der Waals surface area contributed by atoms with E-state index in [1.165, 1.54) is 20.9 Å². The minimum atomic E-state index is 0.891. The van der Waals surface area contributed by atoms with E-state index in [-0.39, 0.29) is 0 Å². The smallest absolute Gasteiger partial charge is 0.0788 e. The zero-order valence-electron chi connectivity index (χ0n) is 13.6. The first-order valence-corrected chi connectivity index (χ1v) is 8.35. The van der Waals surface area contributed by atoms with Crippen molar-refractivity contribution < 1.29 is 9.47 Å². The van der Waals surface area contributed by atoms with Gasteiger partial charge in [0.15, 0.2) is 0 Å². The van der Waals surface area contributed by atoms with E-state index in [1.54, 1.807) is 38.5 Å². The Morgan fingerprint density at radius 3 is 1.43 bits per heavy atom. The molecule has 0 unspecified atom stereocenters. The van der Waals surface area contributed by atoms with Gasteiger partial charge in [-0.2, -0.15) is 0 Å². The lowest BCUT2D eigenvalue weighted by Crippen LogP contribution is -1.83. The van der Waals surface area contributed by atoms with Crippen molar-refractivity contribution in [3.05, 3.63) is 84.3 Å². The van der Waals surface area contributed by atoms with Crippen molar-refractivity contribution in [3.63, 3.8) is 0 Å². The Labute approximate surface area is 142 Å². The standard InChI is InChI=1S/C20H22O2S/c1-21-15-3-5-17-7-11-19(12-8-17)23-20-13-9-18(10-14-20)6-4-16-22-2/h3-4,7-16H,5-6H2,1-2H3. The molecule has 0 heterocycles. The Morgan fingerprint density at radius 1 is 0.696 bits per heavy atom. The van der Waals surface area contributed by atoms with Crippen molar-refractivity contribution in [3.8, 4) is 0 Å². The molecule has 0 aromatic heterocycles. The van der Waals surface area contributed by atoms with Crippen LogP contribution in [0.15, 0.2) is 83.0 Å². The zero-order chi connectivity index (χ0) is 16.3. The van der Waals surface area contributed by atoms with E-state index in [4.69, 9.17) is 9.47 Å². The van der Waals surface area contributed by atoms with Gasteiger partial charge >= 0.3 is 0 Å². The van der Waals surface area contributed by atoms with Gasteiger partial charge < -0.3 is 9.47 Å². The van der Waals surface area contributed by atoms with Crippen molar-refractivity contribution in [1.82, 2.24) is 0 Å². The van der Waals surface area contributed by atoms with Gasteiger partial charge in [-0.05, 0) is 60.4 Å². The molecule has 0 aliphatic rings.